The highest BCUT2D eigenvalue weighted by Gasteiger charge is 2.68. The van der Waals surface area contributed by atoms with Crippen molar-refractivity contribution in [2.45, 2.75) is 44.7 Å². The average molecular weight is 382 g/mol. The lowest BCUT2D eigenvalue weighted by atomic mass is 9.64. The molecule has 1 saturated carbocycles. The van der Waals surface area contributed by atoms with Gasteiger partial charge in [0.15, 0.2) is 0 Å². The van der Waals surface area contributed by atoms with Crippen molar-refractivity contribution in [1.82, 2.24) is 0 Å². The van der Waals surface area contributed by atoms with Gasteiger partial charge in [0.25, 0.3) is 0 Å². The van der Waals surface area contributed by atoms with E-state index in [0.717, 1.165) is 12.1 Å². The predicted octanol–water partition coefficient (Wildman–Crippen LogP) is 5.73. The normalized spacial score (nSPS) is 27.0. The molecule has 1 heterocycles. The first-order valence-electron chi connectivity index (χ1n) is 10.5. The zero-order valence-corrected chi connectivity index (χ0v) is 17.3. The summed E-state index contributed by atoms with van der Waals surface area (Å²) in [6.07, 6.45) is 0. The molecule has 3 aromatic rings. The van der Waals surface area contributed by atoms with Crippen LogP contribution in [0.3, 0.4) is 0 Å². The molecule has 5 rings (SSSR count). The topological polar surface area (TPSA) is 20.3 Å². The molecule has 0 aromatic heterocycles. The van der Waals surface area contributed by atoms with E-state index in [2.05, 4.69) is 105 Å². The van der Waals surface area contributed by atoms with Crippen LogP contribution in [0.25, 0.3) is 0 Å². The van der Waals surface area contributed by atoms with Gasteiger partial charge in [-0.15, -0.1) is 0 Å². The fourth-order valence-electron chi connectivity index (χ4n) is 5.75. The van der Waals surface area contributed by atoms with Crippen LogP contribution < -0.4 is 4.90 Å². The van der Waals surface area contributed by atoms with Gasteiger partial charge in [0, 0.05) is 23.1 Å². The number of anilines is 1. The number of carbonyl (C=O) groups excluding carboxylic acids is 1. The molecule has 0 amide bonds. The molecule has 0 unspecified atom stereocenters. The number of para-hydroxylation sites is 1. The van der Waals surface area contributed by atoms with E-state index in [-0.39, 0.29) is 17.4 Å². The van der Waals surface area contributed by atoms with Crippen molar-refractivity contribution in [2.75, 3.05) is 4.90 Å². The second-order valence-electron chi connectivity index (χ2n) is 9.16. The van der Waals surface area contributed by atoms with Crippen LogP contribution in [0.4, 0.5) is 5.69 Å². The summed E-state index contributed by atoms with van der Waals surface area (Å²) in [4.78, 5) is 16.3. The van der Waals surface area contributed by atoms with Gasteiger partial charge in [-0.2, -0.15) is 0 Å². The molecule has 2 aliphatic rings. The molecule has 0 bridgehead atoms. The van der Waals surface area contributed by atoms with E-state index in [1.54, 1.807) is 0 Å². The van der Waals surface area contributed by atoms with Gasteiger partial charge in [-0.3, -0.25) is 4.79 Å². The highest BCUT2D eigenvalue weighted by molar-refractivity contribution is 5.99. The van der Waals surface area contributed by atoms with Crippen LogP contribution >= 0.6 is 0 Å². The van der Waals surface area contributed by atoms with Gasteiger partial charge >= 0.3 is 0 Å². The fourth-order valence-corrected chi connectivity index (χ4v) is 5.75. The largest absolute Gasteiger partial charge is 0.362 e. The van der Waals surface area contributed by atoms with Crippen LogP contribution in [-0.4, -0.2) is 11.8 Å². The number of carbonyl (C=O) groups is 1. The van der Waals surface area contributed by atoms with Gasteiger partial charge in [0.2, 0.25) is 0 Å². The second-order valence-corrected chi connectivity index (χ2v) is 9.16. The third-order valence-electron chi connectivity index (χ3n) is 7.57. The Hall–Kier alpha value is -2.87. The summed E-state index contributed by atoms with van der Waals surface area (Å²) < 4.78 is 0. The van der Waals surface area contributed by atoms with Crippen LogP contribution in [0.2, 0.25) is 0 Å². The molecule has 3 atom stereocenters. The van der Waals surface area contributed by atoms with E-state index in [1.807, 2.05) is 6.07 Å². The molecule has 1 aliphatic heterocycles. The minimum atomic E-state index is -0.445. The second kappa shape index (κ2) is 6.32. The van der Waals surface area contributed by atoms with Crippen LogP contribution in [-0.2, 0) is 16.8 Å². The van der Waals surface area contributed by atoms with Gasteiger partial charge in [0.1, 0.15) is 5.78 Å². The van der Waals surface area contributed by atoms with Crippen LogP contribution in [0, 0.1) is 5.41 Å². The Kier molecular flexibility index (Phi) is 3.96. The highest BCUT2D eigenvalue weighted by atomic mass is 16.1. The first kappa shape index (κ1) is 18.2. The standard InChI is InChI=1S/C27H27NO/c1-26(2)25(29)23(20-14-8-5-9-15-20)24-27(26,3)21-16-10-11-17-22(21)28(24)18-19-12-6-4-7-13-19/h4-17,23-24H,18H2,1-3H3/t23-,24+,27+/m1/s1. The number of benzene rings is 3. The molecule has 2 heteroatoms. The maximum Gasteiger partial charge on any atom is 0.148 e. The Morgan fingerprint density at radius 1 is 0.793 bits per heavy atom. The van der Waals surface area contributed by atoms with Crippen LogP contribution in [0.1, 0.15) is 43.4 Å². The van der Waals surface area contributed by atoms with Crippen molar-refractivity contribution in [1.29, 1.82) is 0 Å². The Morgan fingerprint density at radius 3 is 2.07 bits per heavy atom. The minimum Gasteiger partial charge on any atom is -0.362 e. The van der Waals surface area contributed by atoms with Crippen LogP contribution in [0.5, 0.6) is 0 Å². The maximum absolute atomic E-state index is 13.8. The Labute approximate surface area is 173 Å². The number of fused-ring (bicyclic) bond motifs is 3. The van der Waals surface area contributed by atoms with E-state index in [0.29, 0.717) is 5.78 Å². The fraction of sp³-hybridized carbons (Fsp3) is 0.296. The van der Waals surface area contributed by atoms with Gasteiger partial charge in [0.05, 0.1) is 12.0 Å². The predicted molar refractivity (Wildman–Crippen MR) is 118 cm³/mol. The Morgan fingerprint density at radius 2 is 1.38 bits per heavy atom. The third-order valence-corrected chi connectivity index (χ3v) is 7.57. The molecule has 3 aromatic carbocycles. The summed E-state index contributed by atoms with van der Waals surface area (Å²) in [5.41, 5.74) is 4.29. The first-order valence-corrected chi connectivity index (χ1v) is 10.5. The number of rotatable bonds is 3. The molecule has 0 spiro atoms. The summed E-state index contributed by atoms with van der Waals surface area (Å²) in [7, 11) is 0. The molecular weight excluding hydrogens is 354 g/mol. The summed E-state index contributed by atoms with van der Waals surface area (Å²) >= 11 is 0. The number of ketones is 1. The molecule has 0 N–H and O–H groups in total. The van der Waals surface area contributed by atoms with Gasteiger partial charge < -0.3 is 4.90 Å². The van der Waals surface area contributed by atoms with E-state index < -0.39 is 5.41 Å². The number of Topliss-reactive ketones (excluding diaryl/α,β-unsaturated/α-hetero) is 1. The first-order chi connectivity index (χ1) is 14.0. The summed E-state index contributed by atoms with van der Waals surface area (Å²) in [5, 5.41) is 0. The van der Waals surface area contributed by atoms with E-state index in [9.17, 15) is 4.79 Å². The minimum absolute atomic E-state index is 0.102. The summed E-state index contributed by atoms with van der Waals surface area (Å²) in [6, 6.07) is 29.8. The summed E-state index contributed by atoms with van der Waals surface area (Å²) in [5.74, 6) is 0.219. The van der Waals surface area contributed by atoms with Gasteiger partial charge in [-0.05, 0) is 22.8 Å². The zero-order chi connectivity index (χ0) is 20.2. The molecule has 1 aliphatic carbocycles. The zero-order valence-electron chi connectivity index (χ0n) is 17.3. The quantitative estimate of drug-likeness (QED) is 0.578. The molecule has 2 nitrogen and oxygen atoms in total. The monoisotopic (exact) mass is 381 g/mol. The Bertz CT molecular complexity index is 1060. The molecule has 0 saturated heterocycles. The van der Waals surface area contributed by atoms with Crippen molar-refractivity contribution >= 4 is 11.5 Å². The van der Waals surface area contributed by atoms with E-state index in [1.165, 1.54) is 16.8 Å². The van der Waals surface area contributed by atoms with E-state index >= 15 is 0 Å². The lowest BCUT2D eigenvalue weighted by molar-refractivity contribution is -0.126. The van der Waals surface area contributed by atoms with Crippen molar-refractivity contribution in [3.63, 3.8) is 0 Å². The van der Waals surface area contributed by atoms with E-state index in [4.69, 9.17) is 0 Å². The van der Waals surface area contributed by atoms with Gasteiger partial charge in [-0.1, -0.05) is 99.6 Å². The lowest BCUT2D eigenvalue weighted by Gasteiger charge is -2.39. The van der Waals surface area contributed by atoms with Crippen molar-refractivity contribution in [3.8, 4) is 0 Å². The molecule has 146 valence electrons. The average Bonchev–Trinajstić information content (AvgIpc) is 3.08. The third kappa shape index (κ3) is 2.38. The smallest absolute Gasteiger partial charge is 0.148 e. The van der Waals surface area contributed by atoms with Crippen molar-refractivity contribution in [2.24, 2.45) is 5.41 Å². The van der Waals surface area contributed by atoms with Gasteiger partial charge in [-0.25, -0.2) is 0 Å². The lowest BCUT2D eigenvalue weighted by Crippen LogP contribution is -2.46. The molecule has 1 fully saturated rings. The Balaban J connectivity index is 1.72. The molecule has 0 radical (unpaired) electrons. The number of hydrogen-bond acceptors (Lipinski definition) is 2. The number of hydrogen-bond donors (Lipinski definition) is 0. The summed E-state index contributed by atoms with van der Waals surface area (Å²) in [6.45, 7) is 7.41. The SMILES string of the molecule is CC1(C)C(=O)[C@H](c2ccccc2)[C@@H]2N(Cc3ccccc3)c3ccccc3[C@@]21C. The van der Waals surface area contributed by atoms with Crippen LogP contribution in [0.15, 0.2) is 84.9 Å². The number of nitrogens with zero attached hydrogens (tertiary/aromatic N) is 1. The van der Waals surface area contributed by atoms with Crippen molar-refractivity contribution < 1.29 is 4.79 Å². The van der Waals surface area contributed by atoms with Crippen molar-refractivity contribution in [3.05, 3.63) is 102 Å². The molecular formula is C27H27NO. The molecule has 29 heavy (non-hydrogen) atoms. The highest BCUT2D eigenvalue weighted by Crippen LogP contribution is 2.64. The maximum atomic E-state index is 13.8.